The fourth-order valence-corrected chi connectivity index (χ4v) is 5.03. The Morgan fingerprint density at radius 2 is 2.00 bits per heavy atom. The van der Waals surface area contributed by atoms with Crippen LogP contribution in [0.1, 0.15) is 25.5 Å². The summed E-state index contributed by atoms with van der Waals surface area (Å²) in [5.74, 6) is 0.0999. The zero-order chi connectivity index (χ0) is 24.5. The summed E-state index contributed by atoms with van der Waals surface area (Å²) in [6, 6.07) is 3.19. The maximum atomic E-state index is 13.5. The number of hydrogen-bond donors (Lipinski definition) is 1. The number of carbonyl (C=O) groups is 1. The summed E-state index contributed by atoms with van der Waals surface area (Å²) < 4.78 is 39.7. The quantitative estimate of drug-likeness (QED) is 0.654. The van der Waals surface area contributed by atoms with Crippen LogP contribution >= 0.6 is 11.6 Å². The van der Waals surface area contributed by atoms with Crippen LogP contribution in [-0.4, -0.2) is 90.2 Å². The van der Waals surface area contributed by atoms with Crippen molar-refractivity contribution in [1.29, 1.82) is 0 Å². The van der Waals surface area contributed by atoms with Gasteiger partial charge in [0.25, 0.3) is 0 Å². The van der Waals surface area contributed by atoms with Gasteiger partial charge in [-0.1, -0.05) is 11.6 Å². The summed E-state index contributed by atoms with van der Waals surface area (Å²) in [5, 5.41) is 4.58. The van der Waals surface area contributed by atoms with Crippen LogP contribution in [0.5, 0.6) is 0 Å². The second-order valence-electron chi connectivity index (χ2n) is 8.86. The fourth-order valence-electron chi connectivity index (χ4n) is 4.32. The molecule has 0 aromatic carbocycles. The molecule has 2 aliphatic rings. The average Bonchev–Trinajstić information content (AvgIpc) is 3.23. The minimum Gasteiger partial charge on any atom is -0.370 e. The molecule has 0 aliphatic carbocycles. The van der Waals surface area contributed by atoms with E-state index in [-0.39, 0.29) is 17.9 Å². The van der Waals surface area contributed by atoms with E-state index in [1.807, 2.05) is 13.0 Å². The third-order valence-electron chi connectivity index (χ3n) is 6.13. The maximum Gasteiger partial charge on any atom is 0.344 e. The van der Waals surface area contributed by atoms with E-state index in [9.17, 15) is 17.6 Å². The van der Waals surface area contributed by atoms with Crippen LogP contribution in [0.4, 0.5) is 20.7 Å². The first-order valence-corrected chi connectivity index (χ1v) is 13.5. The lowest BCUT2D eigenvalue weighted by molar-refractivity contribution is 0.0911. The van der Waals surface area contributed by atoms with E-state index < -0.39 is 16.2 Å². The second kappa shape index (κ2) is 10.0. The van der Waals surface area contributed by atoms with Gasteiger partial charge in [-0.3, -0.25) is 14.6 Å². The molecule has 4 heterocycles. The van der Waals surface area contributed by atoms with Gasteiger partial charge in [-0.25, -0.2) is 17.6 Å². The van der Waals surface area contributed by atoms with Crippen molar-refractivity contribution in [2.24, 2.45) is 0 Å². The number of sulfonamides is 1. The molecule has 2 aromatic rings. The first-order valence-electron chi connectivity index (χ1n) is 11.2. The molecule has 13 heteroatoms. The summed E-state index contributed by atoms with van der Waals surface area (Å²) in [6.45, 7) is 5.57. The van der Waals surface area contributed by atoms with E-state index in [4.69, 9.17) is 11.6 Å². The number of anilines is 2. The highest BCUT2D eigenvalue weighted by atomic mass is 35.5. The molecule has 0 bridgehead atoms. The largest absolute Gasteiger partial charge is 0.370 e. The third kappa shape index (κ3) is 5.97. The molecule has 0 radical (unpaired) electrons. The Hall–Kier alpha value is -2.44. The molecule has 0 unspecified atom stereocenters. The fraction of sp³-hybridized carbons (Fsp3) is 0.571. The molecule has 186 valence electrons. The Bertz CT molecular complexity index is 1140. The predicted molar refractivity (Wildman–Crippen MR) is 129 cm³/mol. The molecular formula is C21H29ClFN7O3S. The number of nitrogens with zero attached hydrogens (tertiary/aromatic N) is 6. The van der Waals surface area contributed by atoms with Crippen LogP contribution in [0, 0.1) is 0 Å². The van der Waals surface area contributed by atoms with Crippen molar-refractivity contribution in [3.63, 3.8) is 0 Å². The van der Waals surface area contributed by atoms with E-state index in [2.05, 4.69) is 24.6 Å². The topological polar surface area (TPSA) is 104 Å². The van der Waals surface area contributed by atoms with Crippen LogP contribution in [0.3, 0.4) is 0 Å². The first-order chi connectivity index (χ1) is 16.1. The molecule has 10 nitrogen and oxygen atoms in total. The highest BCUT2D eigenvalue weighted by Crippen LogP contribution is 2.29. The third-order valence-corrected chi connectivity index (χ3v) is 7.00. The molecule has 2 saturated heterocycles. The zero-order valence-electron chi connectivity index (χ0n) is 19.2. The molecule has 2 aromatic heterocycles. The van der Waals surface area contributed by atoms with Crippen molar-refractivity contribution in [2.45, 2.75) is 38.5 Å². The lowest BCUT2D eigenvalue weighted by atomic mass is 10.1. The molecule has 1 atom stereocenters. The number of rotatable bonds is 5. The smallest absolute Gasteiger partial charge is 0.344 e. The molecule has 1 amide bonds. The van der Waals surface area contributed by atoms with Crippen LogP contribution < -0.4 is 9.62 Å². The number of carbonyl (C=O) groups excluding carboxylic acids is 1. The van der Waals surface area contributed by atoms with Crippen molar-refractivity contribution in [2.75, 3.05) is 48.6 Å². The lowest BCUT2D eigenvalue weighted by Gasteiger charge is -2.39. The van der Waals surface area contributed by atoms with Crippen LogP contribution in [-0.2, 0) is 16.6 Å². The molecule has 2 fully saturated rings. The van der Waals surface area contributed by atoms with Gasteiger partial charge in [0.05, 0.1) is 22.7 Å². The van der Waals surface area contributed by atoms with E-state index in [0.29, 0.717) is 57.1 Å². The number of nitrogens with one attached hydrogen (secondary N) is 1. The minimum atomic E-state index is -3.47. The Morgan fingerprint density at radius 1 is 1.26 bits per heavy atom. The van der Waals surface area contributed by atoms with E-state index >= 15 is 0 Å². The van der Waals surface area contributed by atoms with Gasteiger partial charge in [0.1, 0.15) is 6.17 Å². The van der Waals surface area contributed by atoms with Gasteiger partial charge in [0, 0.05) is 63.8 Å². The van der Waals surface area contributed by atoms with Crippen molar-refractivity contribution in [3.05, 3.63) is 35.2 Å². The first kappa shape index (κ1) is 24.7. The Balaban J connectivity index is 1.37. The van der Waals surface area contributed by atoms with Crippen molar-refractivity contribution in [1.82, 2.24) is 24.6 Å². The summed E-state index contributed by atoms with van der Waals surface area (Å²) >= 11 is 6.38. The molecule has 4 rings (SSSR count). The van der Waals surface area contributed by atoms with Gasteiger partial charge in [0.2, 0.25) is 10.0 Å². The number of amides is 1. The lowest BCUT2D eigenvalue weighted by Crippen LogP contribution is -2.54. The number of halogens is 2. The molecule has 2 aliphatic heterocycles. The highest BCUT2D eigenvalue weighted by Gasteiger charge is 2.29. The molecule has 34 heavy (non-hydrogen) atoms. The Kier molecular flexibility index (Phi) is 7.29. The number of pyridine rings is 1. The minimum absolute atomic E-state index is 0.0742. The van der Waals surface area contributed by atoms with Crippen LogP contribution in [0.15, 0.2) is 24.5 Å². The van der Waals surface area contributed by atoms with Crippen LogP contribution in [0.25, 0.3) is 0 Å². The van der Waals surface area contributed by atoms with Gasteiger partial charge < -0.3 is 9.80 Å². The van der Waals surface area contributed by atoms with E-state index in [0.717, 1.165) is 22.3 Å². The maximum absolute atomic E-state index is 13.5. The standard InChI is InChI=1S/C21H29ClFN7O3S/c1-15-13-29(21(31)30-8-5-20(25-30)26-34(2,32)33)10-9-28(15)14-17-11-19(18(22)12-24-17)27-6-3-16(23)4-7-27/h5,8,11-12,15-16H,3-4,6-7,9-10,13-14H2,1-2H3,(H,25,26)/t15-/m0/s1. The second-order valence-corrected chi connectivity index (χ2v) is 11.0. The van der Waals surface area contributed by atoms with Gasteiger partial charge in [0.15, 0.2) is 5.82 Å². The molecule has 0 saturated carbocycles. The van der Waals surface area contributed by atoms with Crippen molar-refractivity contribution >= 4 is 39.2 Å². The number of alkyl halides is 1. The number of hydrogen-bond acceptors (Lipinski definition) is 7. The Morgan fingerprint density at radius 3 is 2.68 bits per heavy atom. The summed E-state index contributed by atoms with van der Waals surface area (Å²) in [4.78, 5) is 23.4. The van der Waals surface area contributed by atoms with Gasteiger partial charge >= 0.3 is 6.03 Å². The van der Waals surface area contributed by atoms with E-state index in [1.165, 1.54) is 12.3 Å². The summed E-state index contributed by atoms with van der Waals surface area (Å²) in [7, 11) is -3.47. The monoisotopic (exact) mass is 513 g/mol. The SMILES string of the molecule is C[C@H]1CN(C(=O)n2ccc(NS(C)(=O)=O)n2)CCN1Cc1cc(N2CCC(F)CC2)c(Cl)cn1. The van der Waals surface area contributed by atoms with Gasteiger partial charge in [-0.2, -0.15) is 4.68 Å². The predicted octanol–water partition coefficient (Wildman–Crippen LogP) is 2.42. The van der Waals surface area contributed by atoms with Gasteiger partial charge in [-0.05, 0) is 25.8 Å². The van der Waals surface area contributed by atoms with Crippen molar-refractivity contribution < 1.29 is 17.6 Å². The van der Waals surface area contributed by atoms with Gasteiger partial charge in [-0.15, -0.1) is 5.10 Å². The van der Waals surface area contributed by atoms with Crippen LogP contribution in [0.2, 0.25) is 5.02 Å². The number of aromatic nitrogens is 3. The normalized spacial score (nSPS) is 20.5. The highest BCUT2D eigenvalue weighted by molar-refractivity contribution is 7.92. The molecule has 1 N–H and O–H groups in total. The van der Waals surface area contributed by atoms with E-state index in [1.54, 1.807) is 11.1 Å². The van der Waals surface area contributed by atoms with Crippen molar-refractivity contribution in [3.8, 4) is 0 Å². The molecule has 0 spiro atoms. The molecular weight excluding hydrogens is 485 g/mol. The Labute approximate surface area is 203 Å². The number of piperazine rings is 1. The number of piperidine rings is 1. The zero-order valence-corrected chi connectivity index (χ0v) is 20.8. The summed E-state index contributed by atoms with van der Waals surface area (Å²) in [5.41, 5.74) is 1.76. The average molecular weight is 514 g/mol. The summed E-state index contributed by atoms with van der Waals surface area (Å²) in [6.07, 6.45) is 4.38.